The van der Waals surface area contributed by atoms with Crippen LogP contribution in [0.2, 0.25) is 0 Å². The van der Waals surface area contributed by atoms with Gasteiger partial charge in [0.15, 0.2) is 11.6 Å². The minimum atomic E-state index is -0.855. The van der Waals surface area contributed by atoms with Gasteiger partial charge < -0.3 is 20.9 Å². The maximum Gasteiger partial charge on any atom is 0.319 e. The van der Waals surface area contributed by atoms with Crippen molar-refractivity contribution in [2.24, 2.45) is 5.92 Å². The second-order valence-electron chi connectivity index (χ2n) is 7.86. The van der Waals surface area contributed by atoms with E-state index in [0.29, 0.717) is 30.0 Å². The zero-order valence-electron chi connectivity index (χ0n) is 16.5. The average molecular weight is 414 g/mol. The van der Waals surface area contributed by atoms with Crippen LogP contribution in [-0.2, 0) is 0 Å². The zero-order valence-corrected chi connectivity index (χ0v) is 16.5. The van der Waals surface area contributed by atoms with E-state index in [2.05, 4.69) is 16.0 Å². The highest BCUT2D eigenvalue weighted by Gasteiger charge is 2.24. The van der Waals surface area contributed by atoms with E-state index in [1.807, 2.05) is 4.90 Å². The maximum atomic E-state index is 13.4. The first-order valence-corrected chi connectivity index (χ1v) is 10.1. The van der Waals surface area contributed by atoms with Gasteiger partial charge >= 0.3 is 6.03 Å². The normalized spacial score (nSPS) is 18.2. The van der Waals surface area contributed by atoms with Gasteiger partial charge in [0, 0.05) is 48.7 Å². The van der Waals surface area contributed by atoms with Crippen molar-refractivity contribution in [3.8, 4) is 0 Å². The molecule has 1 atom stereocenters. The van der Waals surface area contributed by atoms with Crippen LogP contribution in [0, 0.1) is 17.6 Å². The first kappa shape index (κ1) is 20.1. The lowest BCUT2D eigenvalue weighted by atomic mass is 10.1. The predicted octanol–water partition coefficient (Wildman–Crippen LogP) is 3.51. The van der Waals surface area contributed by atoms with Crippen molar-refractivity contribution in [1.29, 1.82) is 0 Å². The monoisotopic (exact) mass is 414 g/mol. The minimum Gasteiger partial charge on any atom is -0.371 e. The molecule has 1 saturated heterocycles. The summed E-state index contributed by atoms with van der Waals surface area (Å²) in [5.74, 6) is -1.66. The third kappa shape index (κ3) is 5.06. The fourth-order valence-electron chi connectivity index (χ4n) is 3.54. The SMILES string of the molecule is O=C(Nc1ccc(C(=O)NCC2CCN(c3ccc(F)c(F)c3)C2)cc1)NC1CC1. The van der Waals surface area contributed by atoms with E-state index < -0.39 is 11.6 Å². The summed E-state index contributed by atoms with van der Waals surface area (Å²) < 4.78 is 26.6. The molecule has 1 aliphatic carbocycles. The van der Waals surface area contributed by atoms with Crippen molar-refractivity contribution in [2.45, 2.75) is 25.3 Å². The summed E-state index contributed by atoms with van der Waals surface area (Å²) in [5, 5.41) is 8.51. The van der Waals surface area contributed by atoms with E-state index in [9.17, 15) is 18.4 Å². The Morgan fingerprint density at radius 3 is 2.47 bits per heavy atom. The molecule has 158 valence electrons. The third-order valence-corrected chi connectivity index (χ3v) is 5.42. The van der Waals surface area contributed by atoms with Crippen molar-refractivity contribution < 1.29 is 18.4 Å². The van der Waals surface area contributed by atoms with Crippen LogP contribution in [-0.4, -0.2) is 37.6 Å². The molecule has 2 fully saturated rings. The summed E-state index contributed by atoms with van der Waals surface area (Å²) in [4.78, 5) is 26.1. The van der Waals surface area contributed by atoms with Crippen LogP contribution in [0.25, 0.3) is 0 Å². The predicted molar refractivity (Wildman–Crippen MR) is 111 cm³/mol. The Morgan fingerprint density at radius 2 is 1.77 bits per heavy atom. The molecule has 0 spiro atoms. The van der Waals surface area contributed by atoms with Gasteiger partial charge in [-0.2, -0.15) is 0 Å². The van der Waals surface area contributed by atoms with Crippen LogP contribution in [0.5, 0.6) is 0 Å². The van der Waals surface area contributed by atoms with E-state index in [1.165, 1.54) is 6.07 Å². The molecule has 4 rings (SSSR count). The van der Waals surface area contributed by atoms with Crippen molar-refractivity contribution >= 4 is 23.3 Å². The molecule has 1 saturated carbocycles. The van der Waals surface area contributed by atoms with Gasteiger partial charge in [0.1, 0.15) is 0 Å². The molecule has 0 radical (unpaired) electrons. The number of hydrogen-bond donors (Lipinski definition) is 3. The molecule has 6 nitrogen and oxygen atoms in total. The van der Waals surface area contributed by atoms with Crippen LogP contribution in [0.4, 0.5) is 25.0 Å². The number of anilines is 2. The summed E-state index contributed by atoms with van der Waals surface area (Å²) in [7, 11) is 0. The van der Waals surface area contributed by atoms with E-state index in [4.69, 9.17) is 0 Å². The number of urea groups is 1. The second-order valence-corrected chi connectivity index (χ2v) is 7.86. The van der Waals surface area contributed by atoms with Crippen LogP contribution in [0.3, 0.4) is 0 Å². The van der Waals surface area contributed by atoms with Crippen molar-refractivity contribution in [1.82, 2.24) is 10.6 Å². The van der Waals surface area contributed by atoms with Gasteiger partial charge in [-0.05, 0) is 61.6 Å². The van der Waals surface area contributed by atoms with Gasteiger partial charge in [0.2, 0.25) is 0 Å². The average Bonchev–Trinajstić information content (AvgIpc) is 3.41. The van der Waals surface area contributed by atoms with Crippen molar-refractivity contribution in [3.63, 3.8) is 0 Å². The lowest BCUT2D eigenvalue weighted by Crippen LogP contribution is -2.31. The number of amides is 3. The van der Waals surface area contributed by atoms with Crippen LogP contribution < -0.4 is 20.9 Å². The Balaban J connectivity index is 1.24. The molecule has 8 heteroatoms. The van der Waals surface area contributed by atoms with Crippen LogP contribution >= 0.6 is 0 Å². The largest absolute Gasteiger partial charge is 0.371 e. The topological polar surface area (TPSA) is 73.5 Å². The molecule has 1 heterocycles. The molecule has 2 aromatic carbocycles. The van der Waals surface area contributed by atoms with Gasteiger partial charge in [0.25, 0.3) is 5.91 Å². The number of halogens is 2. The molecule has 1 unspecified atom stereocenters. The van der Waals surface area contributed by atoms with E-state index in [-0.39, 0.29) is 23.9 Å². The van der Waals surface area contributed by atoms with Crippen molar-refractivity contribution in [3.05, 3.63) is 59.7 Å². The number of nitrogens with zero attached hydrogens (tertiary/aromatic N) is 1. The summed E-state index contributed by atoms with van der Waals surface area (Å²) in [6.45, 7) is 1.90. The molecule has 3 N–H and O–H groups in total. The van der Waals surface area contributed by atoms with E-state index in [0.717, 1.165) is 31.9 Å². The molecule has 2 aliphatic rings. The molecule has 1 aliphatic heterocycles. The molecular weight excluding hydrogens is 390 g/mol. The summed E-state index contributed by atoms with van der Waals surface area (Å²) in [6.07, 6.45) is 2.90. The molecule has 2 aromatic rings. The fraction of sp³-hybridized carbons (Fsp3) is 0.364. The third-order valence-electron chi connectivity index (χ3n) is 5.42. The lowest BCUT2D eigenvalue weighted by Gasteiger charge is -2.19. The number of carbonyl (C=O) groups is 2. The lowest BCUT2D eigenvalue weighted by molar-refractivity contribution is 0.0948. The van der Waals surface area contributed by atoms with Gasteiger partial charge in [0.05, 0.1) is 0 Å². The Labute approximate surface area is 173 Å². The maximum absolute atomic E-state index is 13.4. The Bertz CT molecular complexity index is 931. The number of benzene rings is 2. The van der Waals surface area contributed by atoms with Gasteiger partial charge in [-0.1, -0.05) is 0 Å². The Hall–Kier alpha value is -3.16. The molecule has 3 amide bonds. The zero-order chi connectivity index (χ0) is 21.1. The first-order valence-electron chi connectivity index (χ1n) is 10.1. The molecule has 0 bridgehead atoms. The smallest absolute Gasteiger partial charge is 0.319 e. The summed E-state index contributed by atoms with van der Waals surface area (Å²) >= 11 is 0. The Kier molecular flexibility index (Phi) is 5.83. The standard InChI is InChI=1S/C22H24F2N4O2/c23-19-8-7-18(11-20(19)24)28-10-9-14(13-28)12-25-21(29)15-1-3-16(4-2-15)26-22(30)27-17-5-6-17/h1-4,7-8,11,14,17H,5-6,9-10,12-13H2,(H,25,29)(H2,26,27,30). The number of rotatable bonds is 6. The molecule has 30 heavy (non-hydrogen) atoms. The highest BCUT2D eigenvalue weighted by atomic mass is 19.2. The van der Waals surface area contributed by atoms with Gasteiger partial charge in [-0.15, -0.1) is 0 Å². The number of carbonyl (C=O) groups excluding carboxylic acids is 2. The first-order chi connectivity index (χ1) is 14.5. The van der Waals surface area contributed by atoms with Crippen LogP contribution in [0.1, 0.15) is 29.6 Å². The molecular formula is C22H24F2N4O2. The van der Waals surface area contributed by atoms with Gasteiger partial charge in [-0.3, -0.25) is 4.79 Å². The Morgan fingerprint density at radius 1 is 1.00 bits per heavy atom. The fourth-order valence-corrected chi connectivity index (χ4v) is 3.54. The number of nitrogens with one attached hydrogen (secondary N) is 3. The highest BCUT2D eigenvalue weighted by molar-refractivity contribution is 5.95. The highest BCUT2D eigenvalue weighted by Crippen LogP contribution is 2.25. The van der Waals surface area contributed by atoms with Crippen LogP contribution in [0.15, 0.2) is 42.5 Å². The van der Waals surface area contributed by atoms with E-state index >= 15 is 0 Å². The summed E-state index contributed by atoms with van der Waals surface area (Å²) in [5.41, 5.74) is 1.79. The molecule has 0 aromatic heterocycles. The second kappa shape index (κ2) is 8.69. The number of hydrogen-bond acceptors (Lipinski definition) is 3. The van der Waals surface area contributed by atoms with E-state index in [1.54, 1.807) is 30.3 Å². The minimum absolute atomic E-state index is 0.185. The van der Waals surface area contributed by atoms with Gasteiger partial charge in [-0.25, -0.2) is 13.6 Å². The van der Waals surface area contributed by atoms with Crippen molar-refractivity contribution in [2.75, 3.05) is 29.9 Å². The summed E-state index contributed by atoms with van der Waals surface area (Å²) in [6, 6.07) is 10.7. The quantitative estimate of drug-likeness (QED) is 0.677.